The molecule has 1 aromatic carbocycles. The predicted molar refractivity (Wildman–Crippen MR) is 71.6 cm³/mol. The molecule has 0 atom stereocenters. The molecule has 2 aromatic rings. The average molecular weight is 273 g/mol. The summed E-state index contributed by atoms with van der Waals surface area (Å²) in [5.41, 5.74) is 2.88. The number of rotatable bonds is 4. The fraction of sp³-hybridized carbons (Fsp3) is 0.0769. The molecule has 2 rings (SSSR count). The summed E-state index contributed by atoms with van der Waals surface area (Å²) in [6.07, 6.45) is 2.63. The SMILES string of the molecule is Cc1occc1C(=O)N/N=C/c1ccccc1[N+](=O)[O-]. The van der Waals surface area contributed by atoms with Crippen LogP contribution in [-0.2, 0) is 0 Å². The molecule has 0 bridgehead atoms. The van der Waals surface area contributed by atoms with Gasteiger partial charge in [-0.25, -0.2) is 5.43 Å². The van der Waals surface area contributed by atoms with Crippen LogP contribution in [0, 0.1) is 17.0 Å². The smallest absolute Gasteiger partial charge is 0.278 e. The van der Waals surface area contributed by atoms with Crippen LogP contribution >= 0.6 is 0 Å². The summed E-state index contributed by atoms with van der Waals surface area (Å²) in [7, 11) is 0. The van der Waals surface area contributed by atoms with Crippen molar-refractivity contribution in [2.75, 3.05) is 0 Å². The fourth-order valence-corrected chi connectivity index (χ4v) is 1.60. The third-order valence-corrected chi connectivity index (χ3v) is 2.61. The Hall–Kier alpha value is -2.96. The van der Waals surface area contributed by atoms with Gasteiger partial charge in [0, 0.05) is 6.07 Å². The van der Waals surface area contributed by atoms with E-state index in [9.17, 15) is 14.9 Å². The van der Waals surface area contributed by atoms with Gasteiger partial charge in [-0.2, -0.15) is 5.10 Å². The molecule has 0 saturated heterocycles. The van der Waals surface area contributed by atoms with Crippen LogP contribution in [0.25, 0.3) is 0 Å². The highest BCUT2D eigenvalue weighted by molar-refractivity contribution is 5.96. The Kier molecular flexibility index (Phi) is 3.90. The number of amides is 1. The van der Waals surface area contributed by atoms with Gasteiger partial charge in [0.05, 0.1) is 28.5 Å². The summed E-state index contributed by atoms with van der Waals surface area (Å²) in [6.45, 7) is 1.65. The molecule has 1 heterocycles. The van der Waals surface area contributed by atoms with Gasteiger partial charge in [-0.05, 0) is 19.1 Å². The predicted octanol–water partition coefficient (Wildman–Crippen LogP) is 2.26. The number of hydrogen-bond acceptors (Lipinski definition) is 5. The minimum atomic E-state index is -0.511. The second-order valence-corrected chi connectivity index (χ2v) is 3.91. The van der Waals surface area contributed by atoms with Gasteiger partial charge in [0.25, 0.3) is 11.6 Å². The molecular weight excluding hydrogens is 262 g/mol. The molecule has 1 aromatic heterocycles. The van der Waals surface area contributed by atoms with Gasteiger partial charge >= 0.3 is 0 Å². The van der Waals surface area contributed by atoms with E-state index >= 15 is 0 Å². The number of hydrazone groups is 1. The van der Waals surface area contributed by atoms with Crippen LogP contribution in [0.15, 0.2) is 46.1 Å². The van der Waals surface area contributed by atoms with E-state index < -0.39 is 10.8 Å². The van der Waals surface area contributed by atoms with Crippen molar-refractivity contribution < 1.29 is 14.1 Å². The summed E-state index contributed by atoms with van der Waals surface area (Å²) in [5, 5.41) is 14.5. The maximum atomic E-state index is 11.7. The second-order valence-electron chi connectivity index (χ2n) is 3.91. The van der Waals surface area contributed by atoms with Gasteiger partial charge in [0.15, 0.2) is 0 Å². The van der Waals surface area contributed by atoms with E-state index in [1.165, 1.54) is 30.7 Å². The summed E-state index contributed by atoms with van der Waals surface area (Å²) in [5.74, 6) is 0.0366. The Morgan fingerprint density at radius 2 is 2.15 bits per heavy atom. The lowest BCUT2D eigenvalue weighted by atomic mass is 10.2. The number of nitro groups is 1. The third-order valence-electron chi connectivity index (χ3n) is 2.61. The van der Waals surface area contributed by atoms with Gasteiger partial charge in [-0.1, -0.05) is 12.1 Å². The fourth-order valence-electron chi connectivity index (χ4n) is 1.60. The Morgan fingerprint density at radius 1 is 1.40 bits per heavy atom. The number of furan rings is 1. The topological polar surface area (TPSA) is 97.7 Å². The van der Waals surface area contributed by atoms with Gasteiger partial charge < -0.3 is 4.42 Å². The largest absolute Gasteiger partial charge is 0.469 e. The quantitative estimate of drug-likeness (QED) is 0.524. The van der Waals surface area contributed by atoms with E-state index in [0.29, 0.717) is 16.9 Å². The van der Waals surface area contributed by atoms with Crippen LogP contribution in [0.3, 0.4) is 0 Å². The molecule has 0 aliphatic carbocycles. The Morgan fingerprint density at radius 3 is 2.80 bits per heavy atom. The highest BCUT2D eigenvalue weighted by atomic mass is 16.6. The minimum Gasteiger partial charge on any atom is -0.469 e. The Bertz CT molecular complexity index is 676. The Balaban J connectivity index is 2.10. The van der Waals surface area contributed by atoms with Gasteiger partial charge in [0.2, 0.25) is 0 Å². The molecular formula is C13H11N3O4. The number of aryl methyl sites for hydroxylation is 1. The monoisotopic (exact) mass is 273 g/mol. The average Bonchev–Trinajstić information content (AvgIpc) is 2.85. The standard InChI is InChI=1S/C13H11N3O4/c1-9-11(6-7-20-9)13(17)15-14-8-10-4-2-3-5-12(10)16(18)19/h2-8H,1H3,(H,15,17)/b14-8+. The molecule has 7 heteroatoms. The van der Waals surface area contributed by atoms with Crippen molar-refractivity contribution in [1.82, 2.24) is 5.43 Å². The molecule has 0 radical (unpaired) electrons. The highest BCUT2D eigenvalue weighted by Gasteiger charge is 2.12. The third kappa shape index (κ3) is 2.89. The second kappa shape index (κ2) is 5.79. The first-order valence-corrected chi connectivity index (χ1v) is 5.70. The van der Waals surface area contributed by atoms with E-state index in [2.05, 4.69) is 10.5 Å². The minimum absolute atomic E-state index is 0.0787. The molecule has 102 valence electrons. The maximum Gasteiger partial charge on any atom is 0.278 e. The van der Waals surface area contributed by atoms with Crippen LogP contribution in [-0.4, -0.2) is 17.0 Å². The molecule has 7 nitrogen and oxygen atoms in total. The normalized spacial score (nSPS) is 10.7. The van der Waals surface area contributed by atoms with Crippen LogP contribution in [0.2, 0.25) is 0 Å². The van der Waals surface area contributed by atoms with E-state index in [0.717, 1.165) is 0 Å². The molecule has 0 aliphatic rings. The zero-order chi connectivity index (χ0) is 14.5. The number of nitrogens with zero attached hydrogens (tertiary/aromatic N) is 2. The lowest BCUT2D eigenvalue weighted by Gasteiger charge is -1.98. The van der Waals surface area contributed by atoms with Crippen LogP contribution in [0.5, 0.6) is 0 Å². The maximum absolute atomic E-state index is 11.7. The van der Waals surface area contributed by atoms with Gasteiger partial charge in [0.1, 0.15) is 5.76 Å². The number of benzene rings is 1. The van der Waals surface area contributed by atoms with Crippen molar-refractivity contribution in [1.29, 1.82) is 0 Å². The van der Waals surface area contributed by atoms with E-state index in [4.69, 9.17) is 4.42 Å². The molecule has 0 spiro atoms. The lowest BCUT2D eigenvalue weighted by molar-refractivity contribution is -0.385. The molecule has 1 amide bonds. The van der Waals surface area contributed by atoms with Crippen LogP contribution in [0.4, 0.5) is 5.69 Å². The van der Waals surface area contributed by atoms with E-state index in [1.54, 1.807) is 19.1 Å². The summed E-state index contributed by atoms with van der Waals surface area (Å²) in [4.78, 5) is 22.0. The van der Waals surface area contributed by atoms with Crippen LogP contribution in [0.1, 0.15) is 21.7 Å². The number of para-hydroxylation sites is 1. The zero-order valence-electron chi connectivity index (χ0n) is 10.6. The lowest BCUT2D eigenvalue weighted by Crippen LogP contribution is -2.17. The van der Waals surface area contributed by atoms with Crippen molar-refractivity contribution in [3.63, 3.8) is 0 Å². The molecule has 20 heavy (non-hydrogen) atoms. The first-order valence-electron chi connectivity index (χ1n) is 5.70. The van der Waals surface area contributed by atoms with E-state index in [-0.39, 0.29) is 5.69 Å². The van der Waals surface area contributed by atoms with Crippen molar-refractivity contribution >= 4 is 17.8 Å². The first-order chi connectivity index (χ1) is 9.59. The first kappa shape index (κ1) is 13.5. The molecule has 0 unspecified atom stereocenters. The summed E-state index contributed by atoms with van der Waals surface area (Å²) >= 11 is 0. The molecule has 0 aliphatic heterocycles. The Labute approximate surface area is 114 Å². The molecule has 0 fully saturated rings. The van der Waals surface area contributed by atoms with Crippen molar-refractivity contribution in [2.24, 2.45) is 5.10 Å². The van der Waals surface area contributed by atoms with Crippen molar-refractivity contribution in [3.8, 4) is 0 Å². The number of carbonyl (C=O) groups is 1. The van der Waals surface area contributed by atoms with E-state index in [1.807, 2.05) is 0 Å². The zero-order valence-corrected chi connectivity index (χ0v) is 10.6. The highest BCUT2D eigenvalue weighted by Crippen LogP contribution is 2.15. The number of nitrogens with one attached hydrogen (secondary N) is 1. The number of carbonyl (C=O) groups excluding carboxylic acids is 1. The number of nitro benzene ring substituents is 1. The van der Waals surface area contributed by atoms with Crippen molar-refractivity contribution in [3.05, 3.63) is 63.6 Å². The number of hydrogen-bond donors (Lipinski definition) is 1. The summed E-state index contributed by atoms with van der Waals surface area (Å²) in [6, 6.07) is 7.63. The molecule has 1 N–H and O–H groups in total. The van der Waals surface area contributed by atoms with Crippen molar-refractivity contribution in [2.45, 2.75) is 6.92 Å². The van der Waals surface area contributed by atoms with Gasteiger partial charge in [-0.15, -0.1) is 0 Å². The molecule has 0 saturated carbocycles. The summed E-state index contributed by atoms with van der Waals surface area (Å²) < 4.78 is 5.00. The van der Waals surface area contributed by atoms with Crippen LogP contribution < -0.4 is 5.43 Å². The van der Waals surface area contributed by atoms with Gasteiger partial charge in [-0.3, -0.25) is 14.9 Å².